The summed E-state index contributed by atoms with van der Waals surface area (Å²) in [5, 5.41) is 21.0. The van der Waals surface area contributed by atoms with Crippen LogP contribution in [0, 0.1) is 0 Å². The zero-order chi connectivity index (χ0) is 16.1. The summed E-state index contributed by atoms with van der Waals surface area (Å²) in [6, 6.07) is 11.7. The fourth-order valence-electron chi connectivity index (χ4n) is 1.93. The number of hydrogen-bond donors (Lipinski definition) is 3. The number of carboxylic acids is 1. The van der Waals surface area contributed by atoms with Gasteiger partial charge in [0.1, 0.15) is 5.75 Å². The molecule has 0 atom stereocenters. The molecule has 0 aliphatic rings. The molecule has 0 saturated carbocycles. The van der Waals surface area contributed by atoms with Crippen LogP contribution in [0.4, 0.5) is 0 Å². The Morgan fingerprint density at radius 3 is 2.00 bits per heavy atom. The summed E-state index contributed by atoms with van der Waals surface area (Å²) in [6.45, 7) is -0.364. The van der Waals surface area contributed by atoms with Gasteiger partial charge in [-0.05, 0) is 18.2 Å². The number of carbonyl (C=O) groups excluding carboxylic acids is 2. The normalized spacial score (nSPS) is 10.0. The lowest BCUT2D eigenvalue weighted by atomic mass is 10.0. The monoisotopic (exact) mass is 299 g/mol. The molecule has 0 radical (unpaired) electrons. The minimum atomic E-state index is -1.21. The van der Waals surface area contributed by atoms with Crippen LogP contribution in [0.25, 0.3) is 0 Å². The highest BCUT2D eigenvalue weighted by Gasteiger charge is 2.17. The van der Waals surface area contributed by atoms with Crippen LogP contribution in [0.15, 0.2) is 48.5 Å². The molecular formula is C16H13NO5. The predicted molar refractivity (Wildman–Crippen MR) is 78.2 cm³/mol. The van der Waals surface area contributed by atoms with E-state index in [0.717, 1.165) is 0 Å². The number of aromatic carboxylic acids is 1. The van der Waals surface area contributed by atoms with Crippen LogP contribution in [0.5, 0.6) is 5.75 Å². The predicted octanol–water partition coefficient (Wildman–Crippen LogP) is 1.70. The highest BCUT2D eigenvalue weighted by atomic mass is 16.4. The number of carboxylic acid groups (broad SMARTS) is 1. The first-order chi connectivity index (χ1) is 10.5. The third-order valence-corrected chi connectivity index (χ3v) is 3.02. The van der Waals surface area contributed by atoms with Gasteiger partial charge in [-0.1, -0.05) is 30.3 Å². The number of Topliss-reactive ketones (excluding diaryl/α,β-unsaturated/α-hetero) is 1. The fraction of sp³-hybridized carbons (Fsp3) is 0.0625. The summed E-state index contributed by atoms with van der Waals surface area (Å²) >= 11 is 0. The topological polar surface area (TPSA) is 104 Å². The molecule has 2 aromatic rings. The zero-order valence-corrected chi connectivity index (χ0v) is 11.4. The average molecular weight is 299 g/mol. The number of hydrogen-bond acceptors (Lipinski definition) is 4. The van der Waals surface area contributed by atoms with Gasteiger partial charge >= 0.3 is 5.97 Å². The largest absolute Gasteiger partial charge is 0.507 e. The second kappa shape index (κ2) is 6.53. The molecule has 112 valence electrons. The second-order valence-corrected chi connectivity index (χ2v) is 4.47. The molecule has 0 aliphatic heterocycles. The Kier molecular flexibility index (Phi) is 4.53. The van der Waals surface area contributed by atoms with Crippen LogP contribution in [0.1, 0.15) is 31.1 Å². The van der Waals surface area contributed by atoms with Crippen molar-refractivity contribution in [2.45, 2.75) is 0 Å². The quantitative estimate of drug-likeness (QED) is 0.729. The van der Waals surface area contributed by atoms with Crippen molar-refractivity contribution in [1.82, 2.24) is 5.32 Å². The lowest BCUT2D eigenvalue weighted by Gasteiger charge is -2.08. The smallest absolute Gasteiger partial charge is 0.336 e. The summed E-state index contributed by atoms with van der Waals surface area (Å²) in [7, 11) is 0. The van der Waals surface area contributed by atoms with E-state index in [1.165, 1.54) is 30.3 Å². The number of aromatic hydroxyl groups is 1. The van der Waals surface area contributed by atoms with Crippen LogP contribution in [0.2, 0.25) is 0 Å². The zero-order valence-electron chi connectivity index (χ0n) is 11.4. The lowest BCUT2D eigenvalue weighted by molar-refractivity contribution is 0.0692. The van der Waals surface area contributed by atoms with Gasteiger partial charge in [0.05, 0.1) is 17.7 Å². The van der Waals surface area contributed by atoms with Gasteiger partial charge in [-0.3, -0.25) is 9.59 Å². The number of rotatable bonds is 5. The van der Waals surface area contributed by atoms with E-state index < -0.39 is 17.7 Å². The van der Waals surface area contributed by atoms with Gasteiger partial charge in [0.15, 0.2) is 5.78 Å². The first kappa shape index (κ1) is 15.2. The molecule has 0 unspecified atom stereocenters. The number of phenolic OH excluding ortho intramolecular Hbond substituents is 1. The summed E-state index contributed by atoms with van der Waals surface area (Å²) < 4.78 is 0. The van der Waals surface area contributed by atoms with Crippen LogP contribution in [-0.4, -0.2) is 34.4 Å². The maximum absolute atomic E-state index is 12.1. The Morgan fingerprint density at radius 2 is 1.41 bits per heavy atom. The number of ketones is 1. The van der Waals surface area contributed by atoms with Crippen LogP contribution in [0.3, 0.4) is 0 Å². The molecule has 0 fully saturated rings. The van der Waals surface area contributed by atoms with E-state index in [4.69, 9.17) is 5.11 Å². The van der Waals surface area contributed by atoms with Gasteiger partial charge in [0.2, 0.25) is 0 Å². The van der Waals surface area contributed by atoms with Crippen LogP contribution >= 0.6 is 0 Å². The highest BCUT2D eigenvalue weighted by Crippen LogP contribution is 2.15. The Balaban J connectivity index is 2.09. The lowest BCUT2D eigenvalue weighted by Crippen LogP contribution is -2.30. The van der Waals surface area contributed by atoms with Gasteiger partial charge < -0.3 is 15.5 Å². The van der Waals surface area contributed by atoms with Gasteiger partial charge in [0, 0.05) is 5.56 Å². The number of amides is 1. The second-order valence-electron chi connectivity index (χ2n) is 4.47. The molecule has 0 aliphatic carbocycles. The average Bonchev–Trinajstić information content (AvgIpc) is 2.52. The van der Waals surface area contributed by atoms with Gasteiger partial charge in [-0.25, -0.2) is 4.79 Å². The van der Waals surface area contributed by atoms with Crippen molar-refractivity contribution in [2.24, 2.45) is 0 Å². The van der Waals surface area contributed by atoms with Crippen LogP contribution in [-0.2, 0) is 0 Å². The molecule has 0 heterocycles. The number of nitrogens with one attached hydrogen (secondary N) is 1. The summed E-state index contributed by atoms with van der Waals surface area (Å²) in [4.78, 5) is 35.0. The fourth-order valence-corrected chi connectivity index (χ4v) is 1.93. The van der Waals surface area contributed by atoms with Crippen molar-refractivity contribution in [3.05, 3.63) is 65.2 Å². The molecule has 0 aromatic heterocycles. The molecular weight excluding hydrogens is 286 g/mol. The molecule has 22 heavy (non-hydrogen) atoms. The van der Waals surface area contributed by atoms with Gasteiger partial charge in [0.25, 0.3) is 5.91 Å². The van der Waals surface area contributed by atoms with E-state index in [2.05, 4.69) is 5.32 Å². The van der Waals surface area contributed by atoms with Crippen molar-refractivity contribution < 1.29 is 24.6 Å². The number of para-hydroxylation sites is 1. The van der Waals surface area contributed by atoms with E-state index in [1.54, 1.807) is 18.2 Å². The van der Waals surface area contributed by atoms with Gasteiger partial charge in [-0.15, -0.1) is 0 Å². The maximum atomic E-state index is 12.1. The van der Waals surface area contributed by atoms with Crippen molar-refractivity contribution >= 4 is 17.7 Å². The van der Waals surface area contributed by atoms with E-state index in [1.807, 2.05) is 0 Å². The Morgan fingerprint density at radius 1 is 0.864 bits per heavy atom. The van der Waals surface area contributed by atoms with Crippen molar-refractivity contribution in [2.75, 3.05) is 6.54 Å². The minimum absolute atomic E-state index is 0.0209. The SMILES string of the molecule is O=C(NCC(=O)c1ccccc1C(=O)O)c1ccccc1O. The minimum Gasteiger partial charge on any atom is -0.507 e. The molecule has 0 saturated heterocycles. The molecule has 1 amide bonds. The standard InChI is InChI=1S/C16H13NO5/c18-13-8-4-3-7-12(13)15(20)17-9-14(19)10-5-1-2-6-11(10)16(21)22/h1-8,18H,9H2,(H,17,20)(H,21,22). The Labute approximate surface area is 126 Å². The number of carbonyl (C=O) groups is 3. The number of benzene rings is 2. The van der Waals surface area contributed by atoms with E-state index >= 15 is 0 Å². The Bertz CT molecular complexity index is 739. The molecule has 6 heteroatoms. The van der Waals surface area contributed by atoms with Crippen LogP contribution < -0.4 is 5.32 Å². The molecule has 6 nitrogen and oxygen atoms in total. The third-order valence-electron chi connectivity index (χ3n) is 3.02. The van der Waals surface area contributed by atoms with E-state index in [9.17, 15) is 19.5 Å². The Hall–Kier alpha value is -3.15. The molecule has 0 spiro atoms. The summed E-state index contributed by atoms with van der Waals surface area (Å²) in [5.41, 5.74) is -0.0567. The molecule has 2 rings (SSSR count). The first-order valence-electron chi connectivity index (χ1n) is 6.42. The van der Waals surface area contributed by atoms with Gasteiger partial charge in [-0.2, -0.15) is 0 Å². The summed E-state index contributed by atoms with van der Waals surface area (Å²) in [5.74, 6) is -2.55. The van der Waals surface area contributed by atoms with E-state index in [-0.39, 0.29) is 29.0 Å². The van der Waals surface area contributed by atoms with Crippen molar-refractivity contribution in [1.29, 1.82) is 0 Å². The maximum Gasteiger partial charge on any atom is 0.336 e. The highest BCUT2D eigenvalue weighted by molar-refractivity contribution is 6.08. The third kappa shape index (κ3) is 3.29. The molecule has 2 aromatic carbocycles. The first-order valence-corrected chi connectivity index (χ1v) is 6.42. The van der Waals surface area contributed by atoms with Crippen molar-refractivity contribution in [3.63, 3.8) is 0 Å². The molecule has 0 bridgehead atoms. The molecule has 3 N–H and O–H groups in total. The summed E-state index contributed by atoms with van der Waals surface area (Å²) in [6.07, 6.45) is 0. The van der Waals surface area contributed by atoms with Crippen molar-refractivity contribution in [3.8, 4) is 5.75 Å². The number of phenols is 1. The van der Waals surface area contributed by atoms with E-state index in [0.29, 0.717) is 0 Å².